The van der Waals surface area contributed by atoms with E-state index in [1.54, 1.807) is 6.20 Å². The molecule has 0 amide bonds. The molecule has 2 aliphatic heterocycles. The van der Waals surface area contributed by atoms with Crippen molar-refractivity contribution in [3.05, 3.63) is 16.9 Å². The molecule has 1 saturated heterocycles. The second-order valence-electron chi connectivity index (χ2n) is 5.67. The number of hydrogen-bond acceptors (Lipinski definition) is 7. The summed E-state index contributed by atoms with van der Waals surface area (Å²) in [5.41, 5.74) is 1.82. The SMILES string of the molecule is Cc1c2c(nn1C1CNC1)OCCCNc1nc(ncc1Cl)N2. The molecule has 2 bridgehead atoms. The van der Waals surface area contributed by atoms with Gasteiger partial charge in [0.1, 0.15) is 10.7 Å². The molecule has 0 saturated carbocycles. The predicted octanol–water partition coefficient (Wildman–Crippen LogP) is 1.72. The van der Waals surface area contributed by atoms with Gasteiger partial charge in [-0.3, -0.25) is 4.68 Å². The number of anilines is 3. The molecule has 8 nitrogen and oxygen atoms in total. The Morgan fingerprint density at radius 3 is 3.04 bits per heavy atom. The first-order chi connectivity index (χ1) is 11.2. The molecule has 2 aromatic rings. The maximum Gasteiger partial charge on any atom is 0.257 e. The maximum absolute atomic E-state index is 6.12. The van der Waals surface area contributed by atoms with E-state index >= 15 is 0 Å². The summed E-state index contributed by atoms with van der Waals surface area (Å²) >= 11 is 6.12. The van der Waals surface area contributed by atoms with E-state index in [1.165, 1.54) is 0 Å². The van der Waals surface area contributed by atoms with Gasteiger partial charge in [0, 0.05) is 19.6 Å². The molecule has 0 aromatic carbocycles. The molecule has 1 fully saturated rings. The average molecular weight is 336 g/mol. The zero-order valence-corrected chi connectivity index (χ0v) is 13.5. The van der Waals surface area contributed by atoms with Gasteiger partial charge in [0.15, 0.2) is 5.82 Å². The number of nitrogens with one attached hydrogen (secondary N) is 3. The molecule has 23 heavy (non-hydrogen) atoms. The van der Waals surface area contributed by atoms with Crippen molar-refractivity contribution in [3.63, 3.8) is 0 Å². The third kappa shape index (κ3) is 2.68. The number of nitrogens with zero attached hydrogens (tertiary/aromatic N) is 4. The zero-order chi connectivity index (χ0) is 15.8. The summed E-state index contributed by atoms with van der Waals surface area (Å²) < 4.78 is 7.87. The summed E-state index contributed by atoms with van der Waals surface area (Å²) in [6.07, 6.45) is 2.42. The van der Waals surface area contributed by atoms with Crippen LogP contribution in [0.4, 0.5) is 17.5 Å². The van der Waals surface area contributed by atoms with Gasteiger partial charge in [0.2, 0.25) is 5.95 Å². The largest absolute Gasteiger partial charge is 0.475 e. The fraction of sp³-hybridized carbons (Fsp3) is 0.500. The zero-order valence-electron chi connectivity index (χ0n) is 12.8. The number of halogens is 1. The van der Waals surface area contributed by atoms with E-state index in [1.807, 2.05) is 11.6 Å². The molecule has 0 radical (unpaired) electrons. The Morgan fingerprint density at radius 2 is 2.26 bits per heavy atom. The van der Waals surface area contributed by atoms with Crippen molar-refractivity contribution in [3.8, 4) is 5.88 Å². The van der Waals surface area contributed by atoms with Gasteiger partial charge in [0.05, 0.1) is 24.5 Å². The van der Waals surface area contributed by atoms with Crippen molar-refractivity contribution in [1.29, 1.82) is 0 Å². The Labute approximate surface area is 138 Å². The molecule has 0 aliphatic carbocycles. The van der Waals surface area contributed by atoms with Crippen LogP contribution in [-0.2, 0) is 0 Å². The fourth-order valence-corrected chi connectivity index (χ4v) is 2.81. The summed E-state index contributed by atoms with van der Waals surface area (Å²) in [7, 11) is 0. The number of rotatable bonds is 1. The molecular formula is C14H18ClN7O. The number of ether oxygens (including phenoxy) is 1. The highest BCUT2D eigenvalue weighted by atomic mass is 35.5. The predicted molar refractivity (Wildman–Crippen MR) is 87.8 cm³/mol. The van der Waals surface area contributed by atoms with Gasteiger partial charge >= 0.3 is 0 Å². The van der Waals surface area contributed by atoms with Gasteiger partial charge in [-0.2, -0.15) is 4.98 Å². The lowest BCUT2D eigenvalue weighted by Crippen LogP contribution is -2.44. The van der Waals surface area contributed by atoms with Crippen molar-refractivity contribution < 1.29 is 4.74 Å². The Hall–Kier alpha value is -2.06. The van der Waals surface area contributed by atoms with Crippen LogP contribution in [0, 0.1) is 6.92 Å². The van der Waals surface area contributed by atoms with E-state index in [0.717, 1.165) is 37.4 Å². The van der Waals surface area contributed by atoms with Crippen LogP contribution in [0.2, 0.25) is 5.02 Å². The molecule has 4 rings (SSSR count). The van der Waals surface area contributed by atoms with Crippen molar-refractivity contribution >= 4 is 29.1 Å². The van der Waals surface area contributed by atoms with Crippen LogP contribution >= 0.6 is 11.6 Å². The summed E-state index contributed by atoms with van der Waals surface area (Å²) in [6, 6.07) is 0.365. The molecule has 4 heterocycles. The van der Waals surface area contributed by atoms with Gasteiger partial charge in [-0.25, -0.2) is 4.98 Å². The van der Waals surface area contributed by atoms with E-state index in [-0.39, 0.29) is 0 Å². The first-order valence-electron chi connectivity index (χ1n) is 7.68. The van der Waals surface area contributed by atoms with Crippen molar-refractivity contribution in [1.82, 2.24) is 25.1 Å². The smallest absolute Gasteiger partial charge is 0.257 e. The van der Waals surface area contributed by atoms with E-state index in [2.05, 4.69) is 31.0 Å². The summed E-state index contributed by atoms with van der Waals surface area (Å²) in [4.78, 5) is 8.68. The van der Waals surface area contributed by atoms with Crippen LogP contribution < -0.4 is 20.7 Å². The van der Waals surface area contributed by atoms with Crippen LogP contribution in [0.5, 0.6) is 5.88 Å². The second kappa shape index (κ2) is 5.86. The molecule has 0 unspecified atom stereocenters. The van der Waals surface area contributed by atoms with E-state index in [4.69, 9.17) is 16.3 Å². The third-order valence-electron chi connectivity index (χ3n) is 4.06. The lowest BCUT2D eigenvalue weighted by atomic mass is 10.2. The van der Waals surface area contributed by atoms with Gasteiger partial charge < -0.3 is 20.7 Å². The van der Waals surface area contributed by atoms with Crippen LogP contribution in [0.25, 0.3) is 0 Å². The molecule has 0 spiro atoms. The summed E-state index contributed by atoms with van der Waals surface area (Å²) in [5, 5.41) is 14.8. The van der Waals surface area contributed by atoms with Crippen molar-refractivity contribution in [2.24, 2.45) is 0 Å². The van der Waals surface area contributed by atoms with Crippen molar-refractivity contribution in [2.45, 2.75) is 19.4 Å². The molecule has 3 N–H and O–H groups in total. The molecule has 0 atom stereocenters. The highest BCUT2D eigenvalue weighted by Gasteiger charge is 2.26. The lowest BCUT2D eigenvalue weighted by Gasteiger charge is -2.28. The van der Waals surface area contributed by atoms with Crippen molar-refractivity contribution in [2.75, 3.05) is 36.9 Å². The minimum Gasteiger partial charge on any atom is -0.475 e. The Morgan fingerprint density at radius 1 is 1.39 bits per heavy atom. The third-order valence-corrected chi connectivity index (χ3v) is 4.33. The van der Waals surface area contributed by atoms with Crippen LogP contribution in [-0.4, -0.2) is 46.0 Å². The molecule has 9 heteroatoms. The Bertz CT molecular complexity index is 728. The normalized spacial score (nSPS) is 17.8. The lowest BCUT2D eigenvalue weighted by molar-refractivity contribution is 0.277. The minimum atomic E-state index is 0.365. The first kappa shape index (κ1) is 14.5. The fourth-order valence-electron chi connectivity index (χ4n) is 2.65. The first-order valence-corrected chi connectivity index (χ1v) is 8.06. The maximum atomic E-state index is 6.12. The second-order valence-corrected chi connectivity index (χ2v) is 6.07. The standard InChI is InChI=1S/C14H18ClN7O/c1-8-11-13(21-22(8)9-5-16-6-9)23-4-2-3-17-12-10(15)7-18-14(19-11)20-12/h7,9,16H,2-6H2,1H3,(H2,17,18,19,20). The molecular weight excluding hydrogens is 318 g/mol. The summed E-state index contributed by atoms with van der Waals surface area (Å²) in [5.74, 6) is 1.69. The monoisotopic (exact) mass is 335 g/mol. The van der Waals surface area contributed by atoms with Crippen LogP contribution in [0.1, 0.15) is 18.2 Å². The van der Waals surface area contributed by atoms with Crippen LogP contribution in [0.15, 0.2) is 6.20 Å². The Kier molecular flexibility index (Phi) is 3.70. The van der Waals surface area contributed by atoms with Gasteiger partial charge in [-0.05, 0) is 13.3 Å². The topological polar surface area (TPSA) is 88.9 Å². The number of fused-ring (bicyclic) bond motifs is 3. The van der Waals surface area contributed by atoms with Crippen LogP contribution in [0.3, 0.4) is 0 Å². The van der Waals surface area contributed by atoms with E-state index in [9.17, 15) is 0 Å². The van der Waals surface area contributed by atoms with E-state index in [0.29, 0.717) is 35.3 Å². The quantitative estimate of drug-likeness (QED) is 0.731. The highest BCUT2D eigenvalue weighted by Crippen LogP contribution is 2.33. The minimum absolute atomic E-state index is 0.365. The summed E-state index contributed by atoms with van der Waals surface area (Å²) in [6.45, 7) is 5.16. The Balaban J connectivity index is 1.73. The number of aromatic nitrogens is 4. The van der Waals surface area contributed by atoms with Gasteiger partial charge in [0.25, 0.3) is 5.88 Å². The highest BCUT2D eigenvalue weighted by molar-refractivity contribution is 6.32. The van der Waals surface area contributed by atoms with Gasteiger partial charge in [-0.15, -0.1) is 5.10 Å². The molecule has 2 aromatic heterocycles. The average Bonchev–Trinajstić information content (AvgIpc) is 2.76. The number of hydrogen-bond donors (Lipinski definition) is 3. The van der Waals surface area contributed by atoms with E-state index < -0.39 is 0 Å². The molecule has 2 aliphatic rings. The molecule has 122 valence electrons. The van der Waals surface area contributed by atoms with Gasteiger partial charge in [-0.1, -0.05) is 11.6 Å².